The van der Waals surface area contributed by atoms with Crippen molar-refractivity contribution in [3.63, 3.8) is 0 Å². The van der Waals surface area contributed by atoms with Gasteiger partial charge in [-0.15, -0.1) is 0 Å². The Morgan fingerprint density at radius 3 is 1.69 bits per heavy atom. The van der Waals surface area contributed by atoms with Gasteiger partial charge in [0, 0.05) is 13.0 Å². The van der Waals surface area contributed by atoms with E-state index in [0.29, 0.717) is 0 Å². The van der Waals surface area contributed by atoms with E-state index in [1.807, 2.05) is 91.0 Å². The van der Waals surface area contributed by atoms with E-state index < -0.39 is 25.8 Å². The Labute approximate surface area is 204 Å². The first-order valence-electron chi connectivity index (χ1n) is 11.1. The second-order valence-corrected chi connectivity index (χ2v) is 9.31. The van der Waals surface area contributed by atoms with Crippen molar-refractivity contribution in [1.82, 2.24) is 5.32 Å². The summed E-state index contributed by atoms with van der Waals surface area (Å²) in [6, 6.07) is 27.3. The molecule has 0 heterocycles. The molecular weight excluding hydrogens is 469 g/mol. The fourth-order valence-corrected chi connectivity index (χ4v) is 4.41. The first-order chi connectivity index (χ1) is 16.9. The minimum absolute atomic E-state index is 0.0500. The van der Waals surface area contributed by atoms with Crippen LogP contribution in [-0.2, 0) is 47.4 Å². The van der Waals surface area contributed by atoms with E-state index in [0.717, 1.165) is 16.7 Å². The lowest BCUT2D eigenvalue weighted by Gasteiger charge is -2.24. The quantitative estimate of drug-likeness (QED) is 0.309. The molecule has 8 nitrogen and oxygen atoms in total. The molecule has 0 aliphatic rings. The Kier molecular flexibility index (Phi) is 10.2. The maximum Gasteiger partial charge on any atom is 0.476 e. The Hall–Kier alpha value is -3.29. The van der Waals surface area contributed by atoms with Gasteiger partial charge in [-0.2, -0.15) is 0 Å². The summed E-state index contributed by atoms with van der Waals surface area (Å²) in [5, 5.41) is 11.4. The van der Waals surface area contributed by atoms with Gasteiger partial charge >= 0.3 is 13.8 Å². The third kappa shape index (κ3) is 9.47. The number of nitrogens with one attached hydrogen (secondary N) is 1. The number of benzene rings is 3. The highest BCUT2D eigenvalue weighted by molar-refractivity contribution is 7.48. The summed E-state index contributed by atoms with van der Waals surface area (Å²) in [6.07, 6.45) is -1.40. The fraction of sp³-hybridized carbons (Fsp3) is 0.231. The van der Waals surface area contributed by atoms with Crippen LogP contribution in [0.1, 0.15) is 23.1 Å². The maximum atomic E-state index is 13.7. The van der Waals surface area contributed by atoms with Crippen LogP contribution in [-0.4, -0.2) is 29.6 Å². The number of amides is 1. The lowest BCUT2D eigenvalue weighted by atomic mass is 10.1. The van der Waals surface area contributed by atoms with Crippen LogP contribution in [0.3, 0.4) is 0 Å². The summed E-state index contributed by atoms with van der Waals surface area (Å²) >= 11 is 0. The van der Waals surface area contributed by atoms with Crippen LogP contribution < -0.4 is 5.32 Å². The third-order valence-electron chi connectivity index (χ3n) is 4.92. The number of aliphatic carboxylic acids is 1. The summed E-state index contributed by atoms with van der Waals surface area (Å²) in [4.78, 5) is 23.7. The Morgan fingerprint density at radius 2 is 1.23 bits per heavy atom. The Bertz CT molecular complexity index is 1060. The number of hydrogen-bond donors (Lipinski definition) is 2. The molecular formula is C26H28NO7P. The Morgan fingerprint density at radius 1 is 0.771 bits per heavy atom. The molecule has 0 aromatic heterocycles. The van der Waals surface area contributed by atoms with Crippen LogP contribution in [0.5, 0.6) is 0 Å². The summed E-state index contributed by atoms with van der Waals surface area (Å²) < 4.78 is 30.7. The molecule has 3 aromatic rings. The summed E-state index contributed by atoms with van der Waals surface area (Å²) in [6.45, 7) is -0.194. The predicted molar refractivity (Wildman–Crippen MR) is 130 cm³/mol. The molecule has 0 saturated carbocycles. The summed E-state index contributed by atoms with van der Waals surface area (Å²) in [5.74, 6) is -1.66. The fourth-order valence-electron chi connectivity index (χ4n) is 3.12. The molecule has 2 N–H and O–H groups in total. The Balaban J connectivity index is 1.78. The molecule has 0 saturated heterocycles. The van der Waals surface area contributed by atoms with Crippen LogP contribution in [0.25, 0.3) is 0 Å². The first-order valence-corrected chi connectivity index (χ1v) is 12.6. The van der Waals surface area contributed by atoms with E-state index in [9.17, 15) is 14.2 Å². The van der Waals surface area contributed by atoms with Crippen LogP contribution in [0.2, 0.25) is 0 Å². The second-order valence-electron chi connectivity index (χ2n) is 7.68. The number of carbonyl (C=O) groups excluding carboxylic acids is 1. The molecule has 1 atom stereocenters. The normalized spacial score (nSPS) is 12.1. The lowest BCUT2D eigenvalue weighted by molar-refractivity contribution is -0.137. The second kappa shape index (κ2) is 13.6. The van der Waals surface area contributed by atoms with Gasteiger partial charge in [0.25, 0.3) is 0 Å². The number of rotatable bonds is 14. The van der Waals surface area contributed by atoms with Crippen molar-refractivity contribution in [2.24, 2.45) is 0 Å². The minimum atomic E-state index is -4.23. The highest BCUT2D eigenvalue weighted by Crippen LogP contribution is 2.52. The van der Waals surface area contributed by atoms with Gasteiger partial charge in [-0.3, -0.25) is 23.2 Å². The van der Waals surface area contributed by atoms with Gasteiger partial charge in [0.2, 0.25) is 5.91 Å². The third-order valence-corrected chi connectivity index (χ3v) is 6.32. The number of carboxylic acids is 1. The number of carboxylic acid groups (broad SMARTS) is 1. The number of phosphoric acid groups is 1. The molecule has 0 fully saturated rings. The van der Waals surface area contributed by atoms with E-state index in [4.69, 9.17) is 18.7 Å². The zero-order valence-corrected chi connectivity index (χ0v) is 20.0. The number of hydrogen-bond acceptors (Lipinski definition) is 6. The molecule has 184 valence electrons. The summed E-state index contributed by atoms with van der Waals surface area (Å²) in [7, 11) is -4.23. The molecule has 3 aromatic carbocycles. The average Bonchev–Trinajstić information content (AvgIpc) is 2.88. The minimum Gasteiger partial charge on any atom is -0.481 e. The molecule has 0 radical (unpaired) electrons. The van der Waals surface area contributed by atoms with Gasteiger partial charge < -0.3 is 10.4 Å². The molecule has 35 heavy (non-hydrogen) atoms. The monoisotopic (exact) mass is 497 g/mol. The molecule has 0 bridgehead atoms. The van der Waals surface area contributed by atoms with Crippen LogP contribution >= 0.6 is 7.82 Å². The predicted octanol–water partition coefficient (Wildman–Crippen LogP) is 4.75. The van der Waals surface area contributed by atoms with Crippen molar-refractivity contribution in [2.75, 3.05) is 6.54 Å². The standard InChI is InChI=1S/C26H28NO7P/c28-25(29)16-17-27-26(30)24(18-21-10-4-1-5-11-21)34-35(31,32-19-22-12-6-2-7-13-22)33-20-23-14-8-3-9-15-23/h1-15,24H,16-20H2,(H,27,30)(H,28,29)/t24-/m0/s1. The van der Waals surface area contributed by atoms with Crippen LogP contribution in [0, 0.1) is 0 Å². The molecule has 0 aliphatic carbocycles. The van der Waals surface area contributed by atoms with Crippen molar-refractivity contribution in [2.45, 2.75) is 32.2 Å². The zero-order chi connectivity index (χ0) is 24.9. The van der Waals surface area contributed by atoms with Crippen LogP contribution in [0.4, 0.5) is 0 Å². The molecule has 0 unspecified atom stereocenters. The van der Waals surface area contributed by atoms with Gasteiger partial charge in [-0.1, -0.05) is 91.0 Å². The highest BCUT2D eigenvalue weighted by Gasteiger charge is 2.35. The molecule has 0 aliphatic heterocycles. The van der Waals surface area contributed by atoms with Crippen molar-refractivity contribution in [3.8, 4) is 0 Å². The van der Waals surface area contributed by atoms with E-state index in [-0.39, 0.29) is 32.6 Å². The molecule has 9 heteroatoms. The van der Waals surface area contributed by atoms with Crippen molar-refractivity contribution in [1.29, 1.82) is 0 Å². The molecule has 1 amide bonds. The van der Waals surface area contributed by atoms with Gasteiger partial charge in [0.15, 0.2) is 6.10 Å². The van der Waals surface area contributed by atoms with Gasteiger partial charge in [-0.25, -0.2) is 4.57 Å². The topological polar surface area (TPSA) is 111 Å². The number of carbonyl (C=O) groups is 2. The van der Waals surface area contributed by atoms with E-state index in [1.54, 1.807) is 0 Å². The van der Waals surface area contributed by atoms with E-state index in [2.05, 4.69) is 5.32 Å². The lowest BCUT2D eigenvalue weighted by Crippen LogP contribution is -2.38. The van der Waals surface area contributed by atoms with Crippen LogP contribution in [0.15, 0.2) is 91.0 Å². The molecule has 0 spiro atoms. The van der Waals surface area contributed by atoms with Crippen molar-refractivity contribution in [3.05, 3.63) is 108 Å². The van der Waals surface area contributed by atoms with Gasteiger partial charge in [0.05, 0.1) is 19.6 Å². The van der Waals surface area contributed by atoms with E-state index in [1.165, 1.54) is 0 Å². The van der Waals surface area contributed by atoms with Crippen molar-refractivity contribution >= 4 is 19.7 Å². The summed E-state index contributed by atoms with van der Waals surface area (Å²) in [5.41, 5.74) is 2.28. The molecule has 3 rings (SSSR count). The van der Waals surface area contributed by atoms with Crippen molar-refractivity contribution < 1.29 is 32.8 Å². The zero-order valence-electron chi connectivity index (χ0n) is 19.1. The van der Waals surface area contributed by atoms with Gasteiger partial charge in [0.1, 0.15) is 0 Å². The largest absolute Gasteiger partial charge is 0.481 e. The SMILES string of the molecule is O=C(O)CCNC(=O)[C@H](Cc1ccccc1)OP(=O)(OCc1ccccc1)OCc1ccccc1. The first kappa shape index (κ1) is 26.3. The maximum absolute atomic E-state index is 13.7. The number of phosphoric ester groups is 1. The van der Waals surface area contributed by atoms with E-state index >= 15 is 0 Å². The van der Waals surface area contributed by atoms with Gasteiger partial charge in [-0.05, 0) is 16.7 Å². The average molecular weight is 497 g/mol. The smallest absolute Gasteiger partial charge is 0.476 e. The highest BCUT2D eigenvalue weighted by atomic mass is 31.2.